The van der Waals surface area contributed by atoms with E-state index in [1.54, 1.807) is 24.3 Å². The normalized spacial score (nSPS) is 21.8. The average molecular weight is 456 g/mol. The Morgan fingerprint density at radius 1 is 1.14 bits per heavy atom. The van der Waals surface area contributed by atoms with Crippen LogP contribution in [0.25, 0.3) is 0 Å². The van der Waals surface area contributed by atoms with Crippen molar-refractivity contribution in [2.75, 3.05) is 0 Å². The predicted molar refractivity (Wildman–Crippen MR) is 115 cm³/mol. The molecule has 0 fully saturated rings. The highest BCUT2D eigenvalue weighted by Crippen LogP contribution is 2.48. The Hall–Kier alpha value is -1.38. The summed E-state index contributed by atoms with van der Waals surface area (Å²) in [4.78, 5) is 27.9. The summed E-state index contributed by atoms with van der Waals surface area (Å²) in [5, 5.41) is 0.508. The second-order valence-corrected chi connectivity index (χ2v) is 8.97. The Morgan fingerprint density at radius 2 is 1.71 bits per heavy atom. The zero-order valence-electron chi connectivity index (χ0n) is 15.3. The zero-order valence-corrected chi connectivity index (χ0v) is 18.5. The van der Waals surface area contributed by atoms with Crippen molar-refractivity contribution in [1.82, 2.24) is 8.75 Å². The maximum absolute atomic E-state index is 13.7. The van der Waals surface area contributed by atoms with E-state index in [-0.39, 0.29) is 27.8 Å². The fourth-order valence-corrected chi connectivity index (χ4v) is 5.54. The second-order valence-electron chi connectivity index (χ2n) is 6.59. The van der Waals surface area contributed by atoms with Crippen molar-refractivity contribution < 1.29 is 9.59 Å². The number of halogens is 2. The van der Waals surface area contributed by atoms with Gasteiger partial charge in [-0.1, -0.05) is 68.1 Å². The van der Waals surface area contributed by atoms with Crippen LogP contribution in [0.4, 0.5) is 0 Å². The number of aromatic nitrogens is 2. The fraction of sp³-hybridized carbons (Fsp3) is 0.368. The number of allylic oxidation sites excluding steroid dienone is 2. The first-order chi connectivity index (χ1) is 13.3. The minimum Gasteiger partial charge on any atom is -0.321 e. The molecule has 148 valence electrons. The number of hydrogen-bond donors (Lipinski definition) is 1. The summed E-state index contributed by atoms with van der Waals surface area (Å²) in [7, 11) is 0. The third-order valence-electron chi connectivity index (χ3n) is 5.05. The highest BCUT2D eigenvalue weighted by atomic mass is 35.5. The van der Waals surface area contributed by atoms with Crippen LogP contribution in [-0.2, 0) is 0 Å². The molecule has 0 saturated heterocycles. The van der Waals surface area contributed by atoms with Gasteiger partial charge in [0.2, 0.25) is 5.78 Å². The molecule has 0 bridgehead atoms. The molecule has 0 spiro atoms. The number of hydrogen-bond acceptors (Lipinski definition) is 7. The Morgan fingerprint density at radius 3 is 2.21 bits per heavy atom. The van der Waals surface area contributed by atoms with Gasteiger partial charge in [0.15, 0.2) is 5.78 Å². The first-order valence-corrected chi connectivity index (χ1v) is 11.1. The number of carbonyl (C=O) groups is 2. The molecule has 2 aromatic rings. The largest absolute Gasteiger partial charge is 0.321 e. The Balaban J connectivity index is 2.20. The van der Waals surface area contributed by atoms with E-state index in [9.17, 15) is 9.59 Å². The lowest BCUT2D eigenvalue weighted by Crippen LogP contribution is -2.44. The van der Waals surface area contributed by atoms with Crippen LogP contribution in [0.1, 0.15) is 46.0 Å². The van der Waals surface area contributed by atoms with Gasteiger partial charge in [-0.2, -0.15) is 8.75 Å². The highest BCUT2D eigenvalue weighted by molar-refractivity contribution is 7.09. The van der Waals surface area contributed by atoms with E-state index in [4.69, 9.17) is 28.9 Å². The van der Waals surface area contributed by atoms with E-state index < -0.39 is 11.5 Å². The molecule has 0 saturated carbocycles. The molecule has 9 heteroatoms. The summed E-state index contributed by atoms with van der Waals surface area (Å²) >= 11 is 13.9. The topological polar surface area (TPSA) is 85.9 Å². The molecule has 2 N–H and O–H groups in total. The van der Waals surface area contributed by atoms with Crippen molar-refractivity contribution in [1.29, 1.82) is 0 Å². The summed E-state index contributed by atoms with van der Waals surface area (Å²) in [6.07, 6.45) is 6.66. The molecule has 1 aliphatic carbocycles. The molecule has 2 heterocycles. The molecule has 2 aromatic heterocycles. The second kappa shape index (κ2) is 8.55. The Kier molecular flexibility index (Phi) is 6.51. The lowest BCUT2D eigenvalue weighted by molar-refractivity contribution is 0.0776. The average Bonchev–Trinajstić information content (AvgIpc) is 3.31. The van der Waals surface area contributed by atoms with Gasteiger partial charge < -0.3 is 5.73 Å². The molecular weight excluding hydrogens is 437 g/mol. The van der Waals surface area contributed by atoms with Crippen LogP contribution in [0.5, 0.6) is 0 Å². The quantitative estimate of drug-likeness (QED) is 0.456. The Labute approximate surface area is 181 Å². The molecule has 3 rings (SSSR count). The molecule has 0 amide bonds. The van der Waals surface area contributed by atoms with Crippen LogP contribution in [0.15, 0.2) is 35.9 Å². The smallest absolute Gasteiger partial charge is 0.201 e. The fourth-order valence-electron chi connectivity index (χ4n) is 3.73. The molecule has 28 heavy (non-hydrogen) atoms. The van der Waals surface area contributed by atoms with E-state index in [1.165, 1.54) is 6.07 Å². The number of Topliss-reactive ketones (excluding diaryl/α,β-unsaturated/α-hetero) is 2. The van der Waals surface area contributed by atoms with Crippen LogP contribution < -0.4 is 5.73 Å². The monoisotopic (exact) mass is 455 g/mol. The third kappa shape index (κ3) is 3.74. The molecular formula is C19H19Cl2N3O2S2. The summed E-state index contributed by atoms with van der Waals surface area (Å²) < 4.78 is 8.02. The van der Waals surface area contributed by atoms with Gasteiger partial charge in [0.25, 0.3) is 0 Å². The number of ketones is 2. The van der Waals surface area contributed by atoms with Crippen molar-refractivity contribution >= 4 is 57.8 Å². The van der Waals surface area contributed by atoms with Gasteiger partial charge >= 0.3 is 0 Å². The van der Waals surface area contributed by atoms with Crippen molar-refractivity contribution in [2.24, 2.45) is 17.1 Å². The van der Waals surface area contributed by atoms with Gasteiger partial charge in [0.1, 0.15) is 10.3 Å². The van der Waals surface area contributed by atoms with E-state index in [2.05, 4.69) is 8.75 Å². The molecule has 2 unspecified atom stereocenters. The maximum atomic E-state index is 13.7. The molecule has 0 aromatic carbocycles. The third-order valence-corrected chi connectivity index (χ3v) is 7.21. The zero-order chi connectivity index (χ0) is 20.5. The Bertz CT molecular complexity index is 962. The van der Waals surface area contributed by atoms with E-state index in [0.717, 1.165) is 23.1 Å². The summed E-state index contributed by atoms with van der Waals surface area (Å²) in [6.45, 7) is 4.02. The molecule has 0 aliphatic heterocycles. The minimum atomic E-state index is -1.14. The van der Waals surface area contributed by atoms with E-state index in [1.807, 2.05) is 13.8 Å². The van der Waals surface area contributed by atoms with E-state index >= 15 is 0 Å². The SMILES string of the molecule is CCC(CC)C1(C(=O)c2cc(Cl)ns2)C=CC(N)C=C1C(=O)c1cc(Cl)ns1. The maximum Gasteiger partial charge on any atom is 0.201 e. The van der Waals surface area contributed by atoms with Crippen molar-refractivity contribution in [3.05, 3.63) is 56.0 Å². The van der Waals surface area contributed by atoms with Gasteiger partial charge in [0.05, 0.1) is 15.2 Å². The van der Waals surface area contributed by atoms with Gasteiger partial charge in [-0.3, -0.25) is 9.59 Å². The number of nitrogens with two attached hydrogens (primary N) is 1. The molecule has 1 aliphatic rings. The van der Waals surface area contributed by atoms with E-state index in [0.29, 0.717) is 28.2 Å². The number of nitrogens with zero attached hydrogens (tertiary/aromatic N) is 2. The lowest BCUT2D eigenvalue weighted by atomic mass is 9.61. The standard InChI is InChI=1S/C19H19Cl2N3O2S2/c1-3-10(4-2)19(18(26)14-9-16(21)24-28-14)6-5-11(22)7-12(19)17(25)13-8-15(20)23-27-13/h5-11H,3-4,22H2,1-2H3. The first kappa shape index (κ1) is 21.3. The number of carbonyl (C=O) groups excluding carboxylic acids is 2. The first-order valence-electron chi connectivity index (χ1n) is 8.84. The van der Waals surface area contributed by atoms with Crippen molar-refractivity contribution in [3.63, 3.8) is 0 Å². The summed E-state index contributed by atoms with van der Waals surface area (Å²) in [5.74, 6) is -0.563. The summed E-state index contributed by atoms with van der Waals surface area (Å²) in [6, 6.07) is 2.61. The van der Waals surface area contributed by atoms with Crippen LogP contribution >= 0.6 is 46.3 Å². The molecule has 5 nitrogen and oxygen atoms in total. The van der Waals surface area contributed by atoms with Crippen LogP contribution in [0.3, 0.4) is 0 Å². The van der Waals surface area contributed by atoms with Crippen molar-refractivity contribution in [3.8, 4) is 0 Å². The van der Waals surface area contributed by atoms with Gasteiger partial charge in [-0.25, -0.2) is 0 Å². The molecule has 0 radical (unpaired) electrons. The van der Waals surface area contributed by atoms with Gasteiger partial charge in [0, 0.05) is 11.6 Å². The van der Waals surface area contributed by atoms with Crippen LogP contribution in [0, 0.1) is 11.3 Å². The lowest BCUT2D eigenvalue weighted by Gasteiger charge is -2.40. The minimum absolute atomic E-state index is 0.0942. The van der Waals surface area contributed by atoms with Crippen LogP contribution in [0.2, 0.25) is 10.3 Å². The highest BCUT2D eigenvalue weighted by Gasteiger charge is 2.50. The molecule has 2 atom stereocenters. The summed E-state index contributed by atoms with van der Waals surface area (Å²) in [5.41, 5.74) is 5.33. The van der Waals surface area contributed by atoms with Crippen molar-refractivity contribution in [2.45, 2.75) is 32.7 Å². The van der Waals surface area contributed by atoms with Gasteiger partial charge in [-0.15, -0.1) is 0 Å². The van der Waals surface area contributed by atoms with Crippen LogP contribution in [-0.4, -0.2) is 26.4 Å². The van der Waals surface area contributed by atoms with Gasteiger partial charge in [-0.05, 0) is 41.1 Å². The predicted octanol–water partition coefficient (Wildman–Crippen LogP) is 5.22. The number of rotatable bonds is 7.